The molecule has 154 valence electrons. The van der Waals surface area contributed by atoms with Crippen molar-refractivity contribution in [1.82, 2.24) is 24.7 Å². The molecule has 0 saturated heterocycles. The Morgan fingerprint density at radius 1 is 0.767 bits per heavy atom. The van der Waals surface area contributed by atoms with Crippen LogP contribution in [-0.4, -0.2) is 46.1 Å². The fourth-order valence-electron chi connectivity index (χ4n) is 3.44. The van der Waals surface area contributed by atoms with Crippen molar-refractivity contribution in [3.63, 3.8) is 0 Å². The van der Waals surface area contributed by atoms with Crippen LogP contribution >= 0.6 is 0 Å². The molecule has 0 atom stereocenters. The Morgan fingerprint density at radius 3 is 2.10 bits per heavy atom. The number of benzene rings is 1. The smallest absolute Gasteiger partial charge is 0.182 e. The van der Waals surface area contributed by atoms with Gasteiger partial charge < -0.3 is 14.2 Å². The maximum absolute atomic E-state index is 5.61. The molecule has 8 nitrogen and oxygen atoms in total. The molecule has 0 radical (unpaired) electrons. The second-order valence-electron chi connectivity index (χ2n) is 6.91. The second-order valence-corrected chi connectivity index (χ2v) is 6.91. The van der Waals surface area contributed by atoms with Crippen molar-refractivity contribution in [3.8, 4) is 39.8 Å². The zero-order chi connectivity index (χ0) is 21.4. The minimum Gasteiger partial charge on any atom is -0.496 e. The standard InChI is InChI=1S/C22H23N5O3/c1-12-10-24-17(11-23-12)15-7-16(25-22-21(15)13(2)27(3)26-22)14-8-19(29-5)20(30-6)9-18(14)28-4/h7-11H,1-6H3. The Bertz CT molecular complexity index is 1230. The third-order valence-electron chi connectivity index (χ3n) is 5.13. The van der Waals surface area contributed by atoms with E-state index in [0.717, 1.165) is 33.6 Å². The van der Waals surface area contributed by atoms with E-state index in [1.54, 1.807) is 39.8 Å². The summed E-state index contributed by atoms with van der Waals surface area (Å²) >= 11 is 0. The number of hydrogen-bond acceptors (Lipinski definition) is 7. The fraction of sp³-hybridized carbons (Fsp3) is 0.273. The topological polar surface area (TPSA) is 84.2 Å². The molecule has 0 fully saturated rings. The molecule has 3 heterocycles. The number of nitrogens with zero attached hydrogens (tertiary/aromatic N) is 5. The molecule has 0 aliphatic heterocycles. The van der Waals surface area contributed by atoms with Gasteiger partial charge in [0.1, 0.15) is 5.75 Å². The van der Waals surface area contributed by atoms with Gasteiger partial charge in [-0.1, -0.05) is 0 Å². The SMILES string of the molecule is COc1cc(OC)c(-c2cc(-c3cnc(C)cn3)c3c(C)n(C)nc3n2)cc1OC. The van der Waals surface area contributed by atoms with Crippen LogP contribution in [0.15, 0.2) is 30.6 Å². The summed E-state index contributed by atoms with van der Waals surface area (Å²) in [5.41, 5.74) is 5.60. The van der Waals surface area contributed by atoms with Crippen LogP contribution in [0.5, 0.6) is 17.2 Å². The van der Waals surface area contributed by atoms with Gasteiger partial charge in [-0.05, 0) is 26.0 Å². The van der Waals surface area contributed by atoms with Crippen LogP contribution < -0.4 is 14.2 Å². The molecule has 0 aliphatic rings. The van der Waals surface area contributed by atoms with Crippen LogP contribution in [0.2, 0.25) is 0 Å². The molecule has 0 spiro atoms. The van der Waals surface area contributed by atoms with Crippen molar-refractivity contribution in [3.05, 3.63) is 42.0 Å². The highest BCUT2D eigenvalue weighted by Crippen LogP contribution is 2.41. The van der Waals surface area contributed by atoms with Gasteiger partial charge in [0.05, 0.1) is 50.0 Å². The fourth-order valence-corrected chi connectivity index (χ4v) is 3.44. The number of pyridine rings is 1. The molecular formula is C22H23N5O3. The molecule has 8 heteroatoms. The maximum Gasteiger partial charge on any atom is 0.182 e. The minimum atomic E-state index is 0.581. The Morgan fingerprint density at radius 2 is 1.47 bits per heavy atom. The van der Waals surface area contributed by atoms with Crippen molar-refractivity contribution >= 4 is 11.0 Å². The van der Waals surface area contributed by atoms with E-state index in [-0.39, 0.29) is 0 Å². The van der Waals surface area contributed by atoms with Crippen LogP contribution in [0.4, 0.5) is 0 Å². The molecule has 0 amide bonds. The van der Waals surface area contributed by atoms with Gasteiger partial charge in [0.25, 0.3) is 0 Å². The lowest BCUT2D eigenvalue weighted by atomic mass is 10.0. The van der Waals surface area contributed by atoms with Gasteiger partial charge in [-0.2, -0.15) is 5.10 Å². The first-order chi connectivity index (χ1) is 14.5. The Kier molecular flexibility index (Phi) is 4.99. The van der Waals surface area contributed by atoms with E-state index in [9.17, 15) is 0 Å². The normalized spacial score (nSPS) is 11.0. The van der Waals surface area contributed by atoms with Crippen molar-refractivity contribution in [2.45, 2.75) is 13.8 Å². The lowest BCUT2D eigenvalue weighted by molar-refractivity contribution is 0.349. The first kappa shape index (κ1) is 19.6. The number of ether oxygens (including phenoxy) is 3. The molecule has 4 rings (SSSR count). The molecule has 0 N–H and O–H groups in total. The van der Waals surface area contributed by atoms with Gasteiger partial charge in [0.2, 0.25) is 0 Å². The van der Waals surface area contributed by atoms with Gasteiger partial charge in [0.15, 0.2) is 17.1 Å². The summed E-state index contributed by atoms with van der Waals surface area (Å²) < 4.78 is 18.3. The van der Waals surface area contributed by atoms with Gasteiger partial charge in [-0.3, -0.25) is 14.6 Å². The van der Waals surface area contributed by atoms with Crippen LogP contribution in [-0.2, 0) is 7.05 Å². The predicted molar refractivity (Wildman–Crippen MR) is 114 cm³/mol. The molecule has 0 bridgehead atoms. The van der Waals surface area contributed by atoms with Gasteiger partial charge in [-0.25, -0.2) is 4.98 Å². The number of fused-ring (bicyclic) bond motifs is 1. The lowest BCUT2D eigenvalue weighted by Gasteiger charge is -2.14. The van der Waals surface area contributed by atoms with E-state index in [2.05, 4.69) is 15.1 Å². The van der Waals surface area contributed by atoms with Crippen molar-refractivity contribution in [2.75, 3.05) is 21.3 Å². The summed E-state index contributed by atoms with van der Waals surface area (Å²) in [7, 11) is 6.70. The lowest BCUT2D eigenvalue weighted by Crippen LogP contribution is -1.97. The summed E-state index contributed by atoms with van der Waals surface area (Å²) in [6, 6.07) is 5.63. The van der Waals surface area contributed by atoms with E-state index in [1.165, 1.54) is 0 Å². The van der Waals surface area contributed by atoms with Gasteiger partial charge >= 0.3 is 0 Å². The quantitative estimate of drug-likeness (QED) is 0.500. The number of methoxy groups -OCH3 is 3. The first-order valence-corrected chi connectivity index (χ1v) is 9.40. The average Bonchev–Trinajstić information content (AvgIpc) is 3.06. The Hall–Kier alpha value is -3.68. The molecule has 3 aromatic heterocycles. The number of rotatable bonds is 5. The monoisotopic (exact) mass is 405 g/mol. The third kappa shape index (κ3) is 3.20. The highest BCUT2D eigenvalue weighted by Gasteiger charge is 2.20. The number of aryl methyl sites for hydroxylation is 3. The second kappa shape index (κ2) is 7.62. The summed E-state index contributed by atoms with van der Waals surface area (Å²) in [5, 5.41) is 5.54. The van der Waals surface area contributed by atoms with Gasteiger partial charge in [-0.15, -0.1) is 0 Å². The van der Waals surface area contributed by atoms with Gasteiger partial charge in [0, 0.05) is 36.1 Å². The Balaban J connectivity index is 2.03. The van der Waals surface area contributed by atoms with Crippen molar-refractivity contribution in [1.29, 1.82) is 0 Å². The van der Waals surface area contributed by atoms with Crippen molar-refractivity contribution < 1.29 is 14.2 Å². The zero-order valence-electron chi connectivity index (χ0n) is 17.8. The summed E-state index contributed by atoms with van der Waals surface area (Å²) in [6.07, 6.45) is 3.52. The number of hydrogen-bond donors (Lipinski definition) is 0. The van der Waals surface area contributed by atoms with E-state index in [0.29, 0.717) is 28.6 Å². The summed E-state index contributed by atoms with van der Waals surface area (Å²) in [4.78, 5) is 13.8. The molecular weight excluding hydrogens is 382 g/mol. The van der Waals surface area contributed by atoms with E-state index in [1.807, 2.05) is 37.7 Å². The molecule has 30 heavy (non-hydrogen) atoms. The van der Waals surface area contributed by atoms with E-state index < -0.39 is 0 Å². The maximum atomic E-state index is 5.61. The molecule has 0 unspecified atom stereocenters. The van der Waals surface area contributed by atoms with E-state index in [4.69, 9.17) is 19.2 Å². The molecule has 0 saturated carbocycles. The van der Waals surface area contributed by atoms with E-state index >= 15 is 0 Å². The molecule has 0 aliphatic carbocycles. The molecule has 1 aromatic carbocycles. The van der Waals surface area contributed by atoms with Crippen LogP contribution in [0.3, 0.4) is 0 Å². The van der Waals surface area contributed by atoms with Crippen LogP contribution in [0, 0.1) is 13.8 Å². The zero-order valence-corrected chi connectivity index (χ0v) is 17.8. The largest absolute Gasteiger partial charge is 0.496 e. The minimum absolute atomic E-state index is 0.581. The Labute approximate surface area is 174 Å². The van der Waals surface area contributed by atoms with Crippen LogP contribution in [0.25, 0.3) is 33.5 Å². The highest BCUT2D eigenvalue weighted by molar-refractivity contribution is 5.96. The first-order valence-electron chi connectivity index (χ1n) is 9.40. The van der Waals surface area contributed by atoms with Crippen molar-refractivity contribution in [2.24, 2.45) is 7.05 Å². The number of aromatic nitrogens is 5. The molecule has 4 aromatic rings. The summed E-state index contributed by atoms with van der Waals surface area (Å²) in [6.45, 7) is 3.92. The average molecular weight is 405 g/mol. The third-order valence-corrected chi connectivity index (χ3v) is 5.13. The highest BCUT2D eigenvalue weighted by atomic mass is 16.5. The predicted octanol–water partition coefficient (Wildman–Crippen LogP) is 3.73. The summed E-state index contributed by atoms with van der Waals surface area (Å²) in [5.74, 6) is 1.79. The van der Waals surface area contributed by atoms with Crippen LogP contribution in [0.1, 0.15) is 11.4 Å².